The number of rotatable bonds is 6. The second-order valence-electron chi connectivity index (χ2n) is 5.36. The van der Waals surface area contributed by atoms with Crippen molar-refractivity contribution in [1.82, 2.24) is 10.3 Å². The summed E-state index contributed by atoms with van der Waals surface area (Å²) < 4.78 is 6.73. The fraction of sp³-hybridized carbons (Fsp3) is 0.222. The van der Waals surface area contributed by atoms with Crippen molar-refractivity contribution in [2.45, 2.75) is 26.2 Å². The lowest BCUT2D eigenvalue weighted by Crippen LogP contribution is -2.35. The van der Waals surface area contributed by atoms with Gasteiger partial charge in [0.1, 0.15) is 10.8 Å². The summed E-state index contributed by atoms with van der Waals surface area (Å²) in [5, 5.41) is 12.8. The lowest BCUT2D eigenvalue weighted by atomic mass is 10.2. The van der Waals surface area contributed by atoms with Crippen molar-refractivity contribution in [1.29, 1.82) is 0 Å². The number of ether oxygens (including phenoxy) is 1. The van der Waals surface area contributed by atoms with Crippen LogP contribution < -0.4 is 10.1 Å². The Morgan fingerprint density at radius 1 is 1.29 bits per heavy atom. The SMILES string of the molecule is CC(Oc1cccc(CO)c1)C(=O)NCc1nc2ccccc2s1. The predicted molar refractivity (Wildman–Crippen MR) is 93.9 cm³/mol. The highest BCUT2D eigenvalue weighted by Crippen LogP contribution is 2.21. The van der Waals surface area contributed by atoms with Crippen LogP contribution in [0.15, 0.2) is 48.5 Å². The van der Waals surface area contributed by atoms with Gasteiger partial charge < -0.3 is 15.2 Å². The first-order chi connectivity index (χ1) is 11.7. The number of aliphatic hydroxyl groups is 1. The number of hydrogen-bond donors (Lipinski definition) is 2. The lowest BCUT2D eigenvalue weighted by molar-refractivity contribution is -0.127. The van der Waals surface area contributed by atoms with Crippen molar-refractivity contribution in [3.05, 3.63) is 59.1 Å². The van der Waals surface area contributed by atoms with Crippen LogP contribution in [0.4, 0.5) is 0 Å². The number of aromatic nitrogens is 1. The zero-order chi connectivity index (χ0) is 16.9. The first-order valence-corrected chi connectivity index (χ1v) is 8.46. The van der Waals surface area contributed by atoms with Crippen LogP contribution in [0.1, 0.15) is 17.5 Å². The number of nitrogens with one attached hydrogen (secondary N) is 1. The second kappa shape index (κ2) is 7.42. The zero-order valence-corrected chi connectivity index (χ0v) is 14.0. The third-order valence-corrected chi connectivity index (χ3v) is 4.55. The van der Waals surface area contributed by atoms with E-state index in [1.807, 2.05) is 24.3 Å². The highest BCUT2D eigenvalue weighted by Gasteiger charge is 2.15. The third-order valence-electron chi connectivity index (χ3n) is 3.52. The summed E-state index contributed by atoms with van der Waals surface area (Å²) in [5.74, 6) is 0.354. The fourth-order valence-electron chi connectivity index (χ4n) is 2.28. The number of benzene rings is 2. The maximum absolute atomic E-state index is 12.2. The van der Waals surface area contributed by atoms with Crippen molar-refractivity contribution in [2.75, 3.05) is 0 Å². The first-order valence-electron chi connectivity index (χ1n) is 7.64. The van der Waals surface area contributed by atoms with Crippen molar-refractivity contribution >= 4 is 27.5 Å². The zero-order valence-electron chi connectivity index (χ0n) is 13.2. The van der Waals surface area contributed by atoms with Gasteiger partial charge in [-0.15, -0.1) is 11.3 Å². The van der Waals surface area contributed by atoms with Crippen LogP contribution >= 0.6 is 11.3 Å². The molecule has 0 radical (unpaired) electrons. The van der Waals surface area contributed by atoms with Gasteiger partial charge in [-0.3, -0.25) is 4.79 Å². The van der Waals surface area contributed by atoms with Crippen LogP contribution in [-0.2, 0) is 17.9 Å². The minimum absolute atomic E-state index is 0.0601. The normalized spacial score (nSPS) is 12.1. The van der Waals surface area contributed by atoms with E-state index < -0.39 is 6.10 Å². The largest absolute Gasteiger partial charge is 0.481 e. The van der Waals surface area contributed by atoms with Gasteiger partial charge in [-0.2, -0.15) is 0 Å². The molecule has 3 aromatic rings. The molecular weight excluding hydrogens is 324 g/mol. The minimum Gasteiger partial charge on any atom is -0.481 e. The van der Waals surface area contributed by atoms with Crippen LogP contribution in [0.25, 0.3) is 10.2 Å². The molecule has 5 nitrogen and oxygen atoms in total. The third kappa shape index (κ3) is 3.90. The molecule has 1 heterocycles. The molecule has 1 aromatic heterocycles. The molecule has 0 bridgehead atoms. The quantitative estimate of drug-likeness (QED) is 0.722. The van der Waals surface area contributed by atoms with Gasteiger partial charge in [-0.25, -0.2) is 4.98 Å². The van der Waals surface area contributed by atoms with E-state index in [1.54, 1.807) is 42.5 Å². The van der Waals surface area contributed by atoms with E-state index in [2.05, 4.69) is 10.3 Å². The fourth-order valence-corrected chi connectivity index (χ4v) is 3.18. The van der Waals surface area contributed by atoms with Crippen molar-refractivity contribution < 1.29 is 14.6 Å². The molecule has 0 aliphatic rings. The summed E-state index contributed by atoms with van der Waals surface area (Å²) in [6.45, 7) is 2.01. The molecule has 6 heteroatoms. The monoisotopic (exact) mass is 342 g/mol. The Kier molecular flexibility index (Phi) is 5.08. The number of carbonyl (C=O) groups is 1. The Morgan fingerprint density at radius 3 is 2.92 bits per heavy atom. The number of fused-ring (bicyclic) bond motifs is 1. The Labute approximate surface area is 143 Å². The number of hydrogen-bond acceptors (Lipinski definition) is 5. The molecule has 0 saturated heterocycles. The van der Waals surface area contributed by atoms with E-state index in [0.717, 1.165) is 20.8 Å². The summed E-state index contributed by atoms with van der Waals surface area (Å²) in [6.07, 6.45) is -0.631. The number of nitrogens with zero attached hydrogens (tertiary/aromatic N) is 1. The molecule has 1 atom stereocenters. The minimum atomic E-state index is -0.631. The standard InChI is InChI=1S/C18H18N2O3S/c1-12(23-14-6-4-5-13(9-14)11-21)18(22)19-10-17-20-15-7-2-3-8-16(15)24-17/h2-9,12,21H,10-11H2,1H3,(H,19,22). The molecule has 1 amide bonds. The Hall–Kier alpha value is -2.44. The van der Waals surface area contributed by atoms with Gasteiger partial charge in [0.2, 0.25) is 0 Å². The van der Waals surface area contributed by atoms with E-state index in [9.17, 15) is 4.79 Å². The molecular formula is C18H18N2O3S. The van der Waals surface area contributed by atoms with Gasteiger partial charge in [-0.1, -0.05) is 24.3 Å². The Morgan fingerprint density at radius 2 is 2.12 bits per heavy atom. The first kappa shape index (κ1) is 16.4. The topological polar surface area (TPSA) is 71.5 Å². The van der Waals surface area contributed by atoms with Gasteiger partial charge in [-0.05, 0) is 36.8 Å². The number of thiazole rings is 1. The van der Waals surface area contributed by atoms with Crippen molar-refractivity contribution in [3.8, 4) is 5.75 Å². The molecule has 1 unspecified atom stereocenters. The molecule has 0 aliphatic heterocycles. The molecule has 0 saturated carbocycles. The average molecular weight is 342 g/mol. The molecule has 0 fully saturated rings. The van der Waals surface area contributed by atoms with Crippen LogP contribution in [-0.4, -0.2) is 22.1 Å². The Balaban J connectivity index is 1.57. The molecule has 0 aliphatic carbocycles. The summed E-state index contributed by atoms with van der Waals surface area (Å²) in [6, 6.07) is 14.9. The van der Waals surface area contributed by atoms with Crippen LogP contribution in [0, 0.1) is 0 Å². The molecule has 124 valence electrons. The van der Waals surface area contributed by atoms with Gasteiger partial charge in [0.15, 0.2) is 6.10 Å². The lowest BCUT2D eigenvalue weighted by Gasteiger charge is -2.14. The van der Waals surface area contributed by atoms with E-state index in [1.165, 1.54) is 0 Å². The highest BCUT2D eigenvalue weighted by atomic mass is 32.1. The van der Waals surface area contributed by atoms with E-state index >= 15 is 0 Å². The van der Waals surface area contributed by atoms with E-state index in [-0.39, 0.29) is 12.5 Å². The summed E-state index contributed by atoms with van der Waals surface area (Å²) >= 11 is 1.57. The number of para-hydroxylation sites is 1. The molecule has 3 rings (SSSR count). The summed E-state index contributed by atoms with van der Waals surface area (Å²) in [7, 11) is 0. The van der Waals surface area contributed by atoms with E-state index in [0.29, 0.717) is 12.3 Å². The van der Waals surface area contributed by atoms with Crippen LogP contribution in [0.2, 0.25) is 0 Å². The molecule has 0 spiro atoms. The highest BCUT2D eigenvalue weighted by molar-refractivity contribution is 7.18. The summed E-state index contributed by atoms with van der Waals surface area (Å²) in [4.78, 5) is 16.7. The van der Waals surface area contributed by atoms with Crippen molar-refractivity contribution in [2.24, 2.45) is 0 Å². The van der Waals surface area contributed by atoms with Crippen LogP contribution in [0.5, 0.6) is 5.75 Å². The number of carbonyl (C=O) groups excluding carboxylic acids is 1. The van der Waals surface area contributed by atoms with E-state index in [4.69, 9.17) is 9.84 Å². The maximum Gasteiger partial charge on any atom is 0.261 e. The predicted octanol–water partition coefficient (Wildman–Crippen LogP) is 2.87. The second-order valence-corrected chi connectivity index (χ2v) is 6.47. The van der Waals surface area contributed by atoms with Gasteiger partial charge in [0.05, 0.1) is 23.4 Å². The van der Waals surface area contributed by atoms with Gasteiger partial charge >= 0.3 is 0 Å². The molecule has 2 aromatic carbocycles. The summed E-state index contributed by atoms with van der Waals surface area (Å²) in [5.41, 5.74) is 1.69. The maximum atomic E-state index is 12.2. The number of amides is 1. The number of aliphatic hydroxyl groups excluding tert-OH is 1. The molecule has 24 heavy (non-hydrogen) atoms. The van der Waals surface area contributed by atoms with Crippen LogP contribution in [0.3, 0.4) is 0 Å². The smallest absolute Gasteiger partial charge is 0.261 e. The Bertz CT molecular complexity index is 814. The average Bonchev–Trinajstić information content (AvgIpc) is 3.02. The van der Waals surface area contributed by atoms with Gasteiger partial charge in [0.25, 0.3) is 5.91 Å². The van der Waals surface area contributed by atoms with Gasteiger partial charge in [0, 0.05) is 0 Å². The van der Waals surface area contributed by atoms with Crippen molar-refractivity contribution in [3.63, 3.8) is 0 Å². The molecule has 2 N–H and O–H groups in total.